The maximum absolute atomic E-state index is 11.8. The van der Waals surface area contributed by atoms with Gasteiger partial charge in [-0.05, 0) is 52.7 Å². The molecule has 0 spiro atoms. The van der Waals surface area contributed by atoms with Crippen molar-refractivity contribution < 1.29 is 4.39 Å². The average Bonchev–Trinajstić information content (AvgIpc) is 2.69. The van der Waals surface area contributed by atoms with E-state index in [0.29, 0.717) is 0 Å². The Labute approximate surface area is 74.9 Å². The molecule has 0 N–H and O–H groups in total. The summed E-state index contributed by atoms with van der Waals surface area (Å²) in [6.07, 6.45) is 5.84. The number of nitrogens with zero attached hydrogens (tertiary/aromatic N) is 1. The van der Waals surface area contributed by atoms with Gasteiger partial charge in [0, 0.05) is 0 Å². The monoisotopic (exact) mass is 173 g/mol. The van der Waals surface area contributed by atoms with E-state index < -0.39 is 5.67 Å². The van der Waals surface area contributed by atoms with E-state index in [1.807, 2.05) is 0 Å². The van der Waals surface area contributed by atoms with Crippen LogP contribution in [0.1, 0.15) is 39.0 Å². The first-order valence-corrected chi connectivity index (χ1v) is 4.98. The molecule has 0 amide bonds. The molecule has 0 radical (unpaired) electrons. The second-order valence-corrected chi connectivity index (χ2v) is 4.28. The standard InChI is InChI=1S/C6H13N.C4H7F/c1-7-5-3-2-4-6-7;1-4(5)2-3-4/h2-6H2,1H3;2-3H2,1H3. The van der Waals surface area contributed by atoms with E-state index in [9.17, 15) is 4.39 Å². The minimum Gasteiger partial charge on any atom is -0.306 e. The summed E-state index contributed by atoms with van der Waals surface area (Å²) in [7, 11) is 2.19. The molecular weight excluding hydrogens is 153 g/mol. The molecule has 2 aliphatic rings. The van der Waals surface area contributed by atoms with E-state index in [4.69, 9.17) is 0 Å². The highest BCUT2D eigenvalue weighted by Crippen LogP contribution is 2.38. The number of rotatable bonds is 0. The lowest BCUT2D eigenvalue weighted by Gasteiger charge is -2.20. The van der Waals surface area contributed by atoms with Crippen LogP contribution in [-0.2, 0) is 0 Å². The van der Waals surface area contributed by atoms with Gasteiger partial charge < -0.3 is 4.90 Å². The molecule has 1 aliphatic heterocycles. The fraction of sp³-hybridized carbons (Fsp3) is 1.00. The zero-order valence-electron chi connectivity index (χ0n) is 8.27. The van der Waals surface area contributed by atoms with Crippen molar-refractivity contribution in [3.05, 3.63) is 0 Å². The van der Waals surface area contributed by atoms with Crippen LogP contribution >= 0.6 is 0 Å². The van der Waals surface area contributed by atoms with E-state index in [1.165, 1.54) is 32.4 Å². The quantitative estimate of drug-likeness (QED) is 0.544. The third-order valence-corrected chi connectivity index (χ3v) is 2.52. The fourth-order valence-corrected chi connectivity index (χ4v) is 1.22. The second kappa shape index (κ2) is 4.22. The van der Waals surface area contributed by atoms with Gasteiger partial charge in [0.2, 0.25) is 0 Å². The Morgan fingerprint density at radius 2 is 1.50 bits per heavy atom. The molecule has 0 atom stereocenters. The van der Waals surface area contributed by atoms with E-state index >= 15 is 0 Å². The highest BCUT2D eigenvalue weighted by Gasteiger charge is 2.36. The highest BCUT2D eigenvalue weighted by molar-refractivity contribution is 4.88. The highest BCUT2D eigenvalue weighted by atomic mass is 19.1. The summed E-state index contributed by atoms with van der Waals surface area (Å²) < 4.78 is 11.8. The molecular formula is C10H20FN. The smallest absolute Gasteiger partial charge is 0.108 e. The Morgan fingerprint density at radius 1 is 1.08 bits per heavy atom. The van der Waals surface area contributed by atoms with E-state index in [-0.39, 0.29) is 0 Å². The molecule has 0 aromatic heterocycles. The molecule has 72 valence electrons. The largest absolute Gasteiger partial charge is 0.306 e. The molecule has 1 nitrogen and oxygen atoms in total. The molecule has 1 heterocycles. The molecule has 2 heteroatoms. The lowest BCUT2D eigenvalue weighted by atomic mass is 10.1. The van der Waals surface area contributed by atoms with Crippen molar-refractivity contribution in [2.24, 2.45) is 0 Å². The van der Waals surface area contributed by atoms with Gasteiger partial charge in [-0.2, -0.15) is 0 Å². The minimum atomic E-state index is -0.750. The molecule has 1 aliphatic carbocycles. The van der Waals surface area contributed by atoms with Crippen molar-refractivity contribution in [2.45, 2.75) is 44.7 Å². The number of hydrogen-bond donors (Lipinski definition) is 0. The predicted octanol–water partition coefficient (Wildman–Crippen LogP) is 2.61. The van der Waals surface area contributed by atoms with Crippen LogP contribution < -0.4 is 0 Å². The van der Waals surface area contributed by atoms with Crippen molar-refractivity contribution >= 4 is 0 Å². The topological polar surface area (TPSA) is 3.24 Å². The van der Waals surface area contributed by atoms with Crippen molar-refractivity contribution in [1.29, 1.82) is 0 Å². The van der Waals surface area contributed by atoms with Crippen molar-refractivity contribution in [3.63, 3.8) is 0 Å². The number of hydrogen-bond acceptors (Lipinski definition) is 1. The van der Waals surface area contributed by atoms with Crippen LogP contribution in [0.5, 0.6) is 0 Å². The molecule has 1 saturated heterocycles. The Bertz CT molecular complexity index is 122. The first kappa shape index (κ1) is 9.97. The number of piperidine rings is 1. The van der Waals surface area contributed by atoms with Crippen LogP contribution in [0.15, 0.2) is 0 Å². The Balaban J connectivity index is 0.000000127. The lowest BCUT2D eigenvalue weighted by Crippen LogP contribution is -2.24. The third kappa shape index (κ3) is 4.70. The zero-order valence-corrected chi connectivity index (χ0v) is 8.27. The average molecular weight is 173 g/mol. The Hall–Kier alpha value is -0.110. The molecule has 0 unspecified atom stereocenters. The van der Waals surface area contributed by atoms with Gasteiger partial charge in [-0.3, -0.25) is 0 Å². The van der Waals surface area contributed by atoms with Crippen LogP contribution in [0.25, 0.3) is 0 Å². The molecule has 1 saturated carbocycles. The molecule has 2 rings (SSSR count). The molecule has 12 heavy (non-hydrogen) atoms. The van der Waals surface area contributed by atoms with E-state index in [0.717, 1.165) is 12.8 Å². The maximum atomic E-state index is 11.8. The maximum Gasteiger partial charge on any atom is 0.108 e. The Morgan fingerprint density at radius 3 is 1.67 bits per heavy atom. The summed E-state index contributed by atoms with van der Waals surface area (Å²) in [5.74, 6) is 0. The summed E-state index contributed by atoms with van der Waals surface area (Å²) >= 11 is 0. The van der Waals surface area contributed by atoms with Crippen molar-refractivity contribution in [3.8, 4) is 0 Å². The van der Waals surface area contributed by atoms with Crippen molar-refractivity contribution in [1.82, 2.24) is 4.90 Å². The summed E-state index contributed by atoms with van der Waals surface area (Å²) in [4.78, 5) is 2.39. The van der Waals surface area contributed by atoms with E-state index in [2.05, 4.69) is 11.9 Å². The summed E-state index contributed by atoms with van der Waals surface area (Å²) in [6, 6.07) is 0. The first-order chi connectivity index (χ1) is 5.60. The zero-order chi connectivity index (χ0) is 9.03. The van der Waals surface area contributed by atoms with Crippen LogP contribution in [0, 0.1) is 0 Å². The van der Waals surface area contributed by atoms with Gasteiger partial charge in [-0.1, -0.05) is 6.42 Å². The second-order valence-electron chi connectivity index (χ2n) is 4.28. The number of alkyl halides is 1. The summed E-state index contributed by atoms with van der Waals surface area (Å²) in [5, 5.41) is 0. The number of halogens is 1. The molecule has 0 aromatic rings. The van der Waals surface area contributed by atoms with Crippen LogP contribution in [-0.4, -0.2) is 30.7 Å². The third-order valence-electron chi connectivity index (χ3n) is 2.52. The molecule has 0 bridgehead atoms. The van der Waals surface area contributed by atoms with Crippen molar-refractivity contribution in [2.75, 3.05) is 20.1 Å². The van der Waals surface area contributed by atoms with Gasteiger partial charge in [0.1, 0.15) is 5.67 Å². The molecule has 0 aromatic carbocycles. The van der Waals surface area contributed by atoms with Gasteiger partial charge in [-0.25, -0.2) is 4.39 Å². The van der Waals surface area contributed by atoms with Gasteiger partial charge >= 0.3 is 0 Å². The fourth-order valence-electron chi connectivity index (χ4n) is 1.22. The summed E-state index contributed by atoms with van der Waals surface area (Å²) in [5.41, 5.74) is -0.750. The van der Waals surface area contributed by atoms with Crippen LogP contribution in [0.3, 0.4) is 0 Å². The van der Waals surface area contributed by atoms with Gasteiger partial charge in [-0.15, -0.1) is 0 Å². The van der Waals surface area contributed by atoms with Gasteiger partial charge in [0.05, 0.1) is 0 Å². The SMILES string of the molecule is CC1(F)CC1.CN1CCCCC1. The lowest BCUT2D eigenvalue weighted by molar-refractivity contribution is 0.277. The van der Waals surface area contributed by atoms with Gasteiger partial charge in [0.25, 0.3) is 0 Å². The van der Waals surface area contributed by atoms with Crippen LogP contribution in [0.4, 0.5) is 4.39 Å². The Kier molecular flexibility index (Phi) is 3.51. The summed E-state index contributed by atoms with van der Waals surface area (Å²) in [6.45, 7) is 4.27. The predicted molar refractivity (Wildman–Crippen MR) is 50.1 cm³/mol. The first-order valence-electron chi connectivity index (χ1n) is 4.98. The number of likely N-dealkylation sites (tertiary alicyclic amines) is 1. The molecule has 2 fully saturated rings. The normalized spacial score (nSPS) is 27.2. The van der Waals surface area contributed by atoms with E-state index in [1.54, 1.807) is 6.92 Å². The van der Waals surface area contributed by atoms with Gasteiger partial charge in [0.15, 0.2) is 0 Å². The van der Waals surface area contributed by atoms with Crippen LogP contribution in [0.2, 0.25) is 0 Å². The minimum absolute atomic E-state index is 0.750.